The number of H-pyrrole nitrogens is 1. The molecule has 3 rings (SSSR count). The summed E-state index contributed by atoms with van der Waals surface area (Å²) in [5.41, 5.74) is 3.01. The maximum atomic E-state index is 11.5. The van der Waals surface area contributed by atoms with E-state index in [1.165, 1.54) is 23.9 Å². The number of anilines is 2. The van der Waals surface area contributed by atoms with Crippen molar-refractivity contribution in [1.82, 2.24) is 10.2 Å². The number of nitrogens with zero attached hydrogens (tertiary/aromatic N) is 3. The summed E-state index contributed by atoms with van der Waals surface area (Å²) in [5, 5.41) is 19.5. The first kappa shape index (κ1) is 20.0. The van der Waals surface area contributed by atoms with Gasteiger partial charge in [0.05, 0.1) is 4.90 Å². The standard InChI is InChI=1S/C19H16IN5O2S/c1-28(26,27)16-7-5-13(6-8-16)12-22-18-17(11-21)19(25-24-18)23-15-4-2-3-14(9-15)10-20/h2-9,12H,10H2,1H3,(H2,23,24,25). The number of halogens is 1. The number of nitrogens with one attached hydrogen (secondary N) is 2. The van der Waals surface area contributed by atoms with Gasteiger partial charge in [-0.1, -0.05) is 46.9 Å². The summed E-state index contributed by atoms with van der Waals surface area (Å²) >= 11 is 2.29. The first-order valence-corrected chi connectivity index (χ1v) is 11.6. The highest BCUT2D eigenvalue weighted by Gasteiger charge is 2.12. The molecule has 0 aliphatic rings. The van der Waals surface area contributed by atoms with Gasteiger partial charge in [0.2, 0.25) is 0 Å². The quantitative estimate of drug-likeness (QED) is 0.298. The fraction of sp³-hybridized carbons (Fsp3) is 0.105. The molecule has 0 radical (unpaired) electrons. The maximum absolute atomic E-state index is 11.5. The van der Waals surface area contributed by atoms with Crippen molar-refractivity contribution in [3.63, 3.8) is 0 Å². The maximum Gasteiger partial charge on any atom is 0.193 e. The highest BCUT2D eigenvalue weighted by molar-refractivity contribution is 14.1. The molecule has 9 heteroatoms. The molecule has 0 unspecified atom stereocenters. The number of aromatic nitrogens is 2. The summed E-state index contributed by atoms with van der Waals surface area (Å²) in [5.74, 6) is 0.718. The fourth-order valence-corrected chi connectivity index (χ4v) is 3.54. The average Bonchev–Trinajstić information content (AvgIpc) is 3.07. The highest BCUT2D eigenvalue weighted by atomic mass is 127. The number of hydrogen-bond donors (Lipinski definition) is 2. The van der Waals surface area contributed by atoms with Crippen LogP contribution in [0, 0.1) is 11.3 Å². The van der Waals surface area contributed by atoms with Gasteiger partial charge in [0.25, 0.3) is 0 Å². The third-order valence-corrected chi connectivity index (χ3v) is 5.86. The fourth-order valence-electron chi connectivity index (χ4n) is 2.44. The minimum absolute atomic E-state index is 0.238. The van der Waals surface area contributed by atoms with Crippen LogP contribution in [-0.4, -0.2) is 31.1 Å². The van der Waals surface area contributed by atoms with Gasteiger partial charge in [0, 0.05) is 22.6 Å². The minimum Gasteiger partial charge on any atom is -0.339 e. The van der Waals surface area contributed by atoms with Crippen molar-refractivity contribution in [2.75, 3.05) is 11.6 Å². The molecular weight excluding hydrogens is 489 g/mol. The Morgan fingerprint density at radius 2 is 2.04 bits per heavy atom. The Morgan fingerprint density at radius 3 is 2.68 bits per heavy atom. The molecule has 1 heterocycles. The van der Waals surface area contributed by atoms with E-state index < -0.39 is 9.84 Å². The smallest absolute Gasteiger partial charge is 0.193 e. The Kier molecular flexibility index (Phi) is 6.11. The lowest BCUT2D eigenvalue weighted by Crippen LogP contribution is -1.96. The zero-order valence-corrected chi connectivity index (χ0v) is 17.8. The van der Waals surface area contributed by atoms with Gasteiger partial charge in [-0.15, -0.1) is 0 Å². The largest absolute Gasteiger partial charge is 0.339 e. The summed E-state index contributed by atoms with van der Waals surface area (Å²) in [7, 11) is -3.24. The molecule has 0 fully saturated rings. The minimum atomic E-state index is -3.24. The second-order valence-electron chi connectivity index (χ2n) is 5.97. The summed E-state index contributed by atoms with van der Waals surface area (Å²) in [4.78, 5) is 4.49. The van der Waals surface area contributed by atoms with Crippen LogP contribution in [0.4, 0.5) is 17.3 Å². The van der Waals surface area contributed by atoms with Crippen molar-refractivity contribution in [2.45, 2.75) is 9.32 Å². The van der Waals surface area contributed by atoms with E-state index in [0.717, 1.165) is 16.4 Å². The number of rotatable bonds is 6. The number of hydrogen-bond acceptors (Lipinski definition) is 6. The van der Waals surface area contributed by atoms with E-state index in [1.807, 2.05) is 24.3 Å². The predicted molar refractivity (Wildman–Crippen MR) is 118 cm³/mol. The van der Waals surface area contributed by atoms with E-state index >= 15 is 0 Å². The highest BCUT2D eigenvalue weighted by Crippen LogP contribution is 2.26. The van der Waals surface area contributed by atoms with Crippen LogP contribution in [0.25, 0.3) is 0 Å². The van der Waals surface area contributed by atoms with Crippen LogP contribution in [0.15, 0.2) is 58.4 Å². The summed E-state index contributed by atoms with van der Waals surface area (Å²) < 4.78 is 23.9. The van der Waals surface area contributed by atoms with Crippen LogP contribution >= 0.6 is 22.6 Å². The molecule has 28 heavy (non-hydrogen) atoms. The van der Waals surface area contributed by atoms with E-state index in [9.17, 15) is 13.7 Å². The molecule has 2 N–H and O–H groups in total. The van der Waals surface area contributed by atoms with Gasteiger partial charge >= 0.3 is 0 Å². The molecule has 0 atom stereocenters. The lowest BCUT2D eigenvalue weighted by molar-refractivity contribution is 0.602. The van der Waals surface area contributed by atoms with Crippen molar-refractivity contribution in [3.8, 4) is 6.07 Å². The zero-order chi connectivity index (χ0) is 20.1. The molecule has 142 valence electrons. The van der Waals surface area contributed by atoms with Crippen molar-refractivity contribution in [1.29, 1.82) is 5.26 Å². The molecule has 0 aliphatic heterocycles. The second kappa shape index (κ2) is 8.53. The summed E-state index contributed by atoms with van der Waals surface area (Å²) in [6, 6.07) is 16.3. The Balaban J connectivity index is 1.82. The zero-order valence-electron chi connectivity index (χ0n) is 14.8. The summed E-state index contributed by atoms with van der Waals surface area (Å²) in [6.45, 7) is 0. The van der Waals surface area contributed by atoms with Gasteiger partial charge in [0.1, 0.15) is 17.5 Å². The first-order chi connectivity index (χ1) is 13.4. The third kappa shape index (κ3) is 4.76. The molecule has 0 aliphatic carbocycles. The number of sulfone groups is 1. The number of aromatic amines is 1. The average molecular weight is 505 g/mol. The summed E-state index contributed by atoms with van der Waals surface area (Å²) in [6.07, 6.45) is 2.69. The Labute approximate surface area is 176 Å². The molecule has 0 saturated carbocycles. The predicted octanol–water partition coefficient (Wildman–Crippen LogP) is 4.11. The van der Waals surface area contributed by atoms with Crippen LogP contribution in [0.5, 0.6) is 0 Å². The van der Waals surface area contributed by atoms with Crippen molar-refractivity contribution in [2.24, 2.45) is 4.99 Å². The van der Waals surface area contributed by atoms with Gasteiger partial charge < -0.3 is 5.32 Å². The van der Waals surface area contributed by atoms with Crippen LogP contribution < -0.4 is 5.32 Å². The first-order valence-electron chi connectivity index (χ1n) is 8.15. The van der Waals surface area contributed by atoms with Crippen molar-refractivity contribution < 1.29 is 8.42 Å². The molecule has 0 bridgehead atoms. The van der Waals surface area contributed by atoms with Gasteiger partial charge in [-0.2, -0.15) is 10.4 Å². The topological polar surface area (TPSA) is 111 Å². The SMILES string of the molecule is CS(=O)(=O)c1ccc(C=Nc2n[nH]c(Nc3cccc(CI)c3)c2C#N)cc1. The lowest BCUT2D eigenvalue weighted by Gasteiger charge is -2.05. The van der Waals surface area contributed by atoms with E-state index in [4.69, 9.17) is 0 Å². The molecule has 3 aromatic rings. The second-order valence-corrected chi connectivity index (χ2v) is 8.75. The molecule has 2 aromatic carbocycles. The molecule has 0 saturated heterocycles. The third-order valence-electron chi connectivity index (χ3n) is 3.85. The van der Waals surface area contributed by atoms with Gasteiger partial charge in [-0.25, -0.2) is 13.4 Å². The van der Waals surface area contributed by atoms with Crippen molar-refractivity contribution >= 4 is 56.0 Å². The van der Waals surface area contributed by atoms with Gasteiger partial charge in [-0.05, 0) is 35.4 Å². The van der Waals surface area contributed by atoms with Crippen LogP contribution in [0.2, 0.25) is 0 Å². The lowest BCUT2D eigenvalue weighted by atomic mass is 10.2. The van der Waals surface area contributed by atoms with E-state index in [2.05, 4.69) is 49.2 Å². The van der Waals surface area contributed by atoms with E-state index in [1.54, 1.807) is 12.1 Å². The Hall–Kier alpha value is -2.71. The normalized spacial score (nSPS) is 11.5. The monoisotopic (exact) mass is 505 g/mol. The Bertz CT molecular complexity index is 1160. The molecule has 0 spiro atoms. The van der Waals surface area contributed by atoms with E-state index in [0.29, 0.717) is 16.9 Å². The Morgan fingerprint density at radius 1 is 1.29 bits per heavy atom. The van der Waals surface area contributed by atoms with Crippen molar-refractivity contribution in [3.05, 3.63) is 65.2 Å². The molecular formula is C19H16IN5O2S. The van der Waals surface area contributed by atoms with Crippen LogP contribution in [0.1, 0.15) is 16.7 Å². The number of benzene rings is 2. The molecule has 7 nitrogen and oxygen atoms in total. The van der Waals surface area contributed by atoms with E-state index in [-0.39, 0.29) is 10.7 Å². The van der Waals surface area contributed by atoms with Gasteiger partial charge in [0.15, 0.2) is 15.7 Å². The number of alkyl halides is 1. The molecule has 0 amide bonds. The molecule has 1 aromatic heterocycles. The van der Waals surface area contributed by atoms with Crippen LogP contribution in [-0.2, 0) is 14.3 Å². The number of nitriles is 1. The number of aliphatic imine (C=N–C) groups is 1. The van der Waals surface area contributed by atoms with Crippen LogP contribution in [0.3, 0.4) is 0 Å². The van der Waals surface area contributed by atoms with Gasteiger partial charge in [-0.3, -0.25) is 5.10 Å².